The van der Waals surface area contributed by atoms with E-state index >= 15 is 0 Å². The Morgan fingerprint density at radius 2 is 1.95 bits per heavy atom. The summed E-state index contributed by atoms with van der Waals surface area (Å²) in [6.07, 6.45) is 0.143. The molecule has 0 aliphatic rings. The number of carbonyl (C=O) groups excluding carboxylic acids is 1. The number of carboxylic acids is 1. The largest absolute Gasteiger partial charge is 0.480 e. The summed E-state index contributed by atoms with van der Waals surface area (Å²) in [5.41, 5.74) is 3.08. The molecule has 0 aliphatic heterocycles. The fourth-order valence-electron chi connectivity index (χ4n) is 1.73. The van der Waals surface area contributed by atoms with E-state index in [2.05, 4.69) is 5.32 Å². The van der Waals surface area contributed by atoms with E-state index in [0.29, 0.717) is 0 Å². The quantitative estimate of drug-likeness (QED) is 0.710. The lowest BCUT2D eigenvalue weighted by Crippen LogP contribution is -2.42. The number of rotatable bonds is 6. The Labute approximate surface area is 112 Å². The van der Waals surface area contributed by atoms with Crippen LogP contribution < -0.4 is 5.32 Å². The summed E-state index contributed by atoms with van der Waals surface area (Å²) < 4.78 is 0. The number of aliphatic hydroxyl groups excluding tert-OH is 1. The van der Waals surface area contributed by atoms with Crippen molar-refractivity contribution in [2.75, 3.05) is 6.61 Å². The van der Waals surface area contributed by atoms with Gasteiger partial charge >= 0.3 is 5.97 Å². The minimum Gasteiger partial charge on any atom is -0.480 e. The Kier molecular flexibility index (Phi) is 5.51. The molecule has 0 saturated heterocycles. The molecule has 19 heavy (non-hydrogen) atoms. The number of benzene rings is 1. The number of nitrogens with one attached hydrogen (secondary N) is 1. The predicted octanol–water partition coefficient (Wildman–Crippen LogP) is 0.798. The molecular formula is C14H19NO4. The SMILES string of the molecule is Cc1ccc(CC(=O)N[C@H](CCO)C(=O)O)cc1C. The molecule has 3 N–H and O–H groups in total. The van der Waals surface area contributed by atoms with E-state index in [1.54, 1.807) is 0 Å². The highest BCUT2D eigenvalue weighted by atomic mass is 16.4. The minimum absolute atomic E-state index is 0.00794. The van der Waals surface area contributed by atoms with Gasteiger partial charge in [-0.25, -0.2) is 4.79 Å². The van der Waals surface area contributed by atoms with E-state index in [1.807, 2.05) is 32.0 Å². The molecule has 5 heteroatoms. The summed E-state index contributed by atoms with van der Waals surface area (Å²) >= 11 is 0. The van der Waals surface area contributed by atoms with Crippen LogP contribution in [0.15, 0.2) is 18.2 Å². The molecule has 0 aliphatic carbocycles. The van der Waals surface area contributed by atoms with Crippen LogP contribution in [0.4, 0.5) is 0 Å². The molecule has 1 aromatic carbocycles. The maximum absolute atomic E-state index is 11.7. The van der Waals surface area contributed by atoms with Crippen molar-refractivity contribution < 1.29 is 19.8 Å². The zero-order valence-corrected chi connectivity index (χ0v) is 11.1. The second-order valence-electron chi connectivity index (χ2n) is 4.57. The molecule has 0 fully saturated rings. The van der Waals surface area contributed by atoms with Gasteiger partial charge in [0.15, 0.2) is 0 Å². The smallest absolute Gasteiger partial charge is 0.326 e. The number of carbonyl (C=O) groups is 2. The Hall–Kier alpha value is -1.88. The molecule has 0 spiro atoms. The molecule has 1 rings (SSSR count). The number of amides is 1. The molecule has 1 atom stereocenters. The van der Waals surface area contributed by atoms with Crippen LogP contribution in [0.2, 0.25) is 0 Å². The van der Waals surface area contributed by atoms with Crippen molar-refractivity contribution in [2.45, 2.75) is 32.7 Å². The summed E-state index contributed by atoms with van der Waals surface area (Å²) in [6.45, 7) is 3.67. The minimum atomic E-state index is -1.14. The molecule has 5 nitrogen and oxygen atoms in total. The summed E-state index contributed by atoms with van der Waals surface area (Å²) in [5, 5.41) is 20.0. The summed E-state index contributed by atoms with van der Waals surface area (Å²) in [6, 6.07) is 4.66. The first-order valence-corrected chi connectivity index (χ1v) is 6.13. The van der Waals surface area contributed by atoms with Crippen molar-refractivity contribution in [3.63, 3.8) is 0 Å². The van der Waals surface area contributed by atoms with E-state index in [4.69, 9.17) is 10.2 Å². The summed E-state index contributed by atoms with van der Waals surface area (Å²) in [7, 11) is 0. The lowest BCUT2D eigenvalue weighted by molar-refractivity contribution is -0.142. The first-order chi connectivity index (χ1) is 8.93. The van der Waals surface area contributed by atoms with Gasteiger partial charge in [-0.15, -0.1) is 0 Å². The predicted molar refractivity (Wildman–Crippen MR) is 70.9 cm³/mol. The van der Waals surface area contributed by atoms with E-state index in [1.165, 1.54) is 0 Å². The molecule has 0 aromatic heterocycles. The number of hydrogen-bond acceptors (Lipinski definition) is 3. The fraction of sp³-hybridized carbons (Fsp3) is 0.429. The molecular weight excluding hydrogens is 246 g/mol. The van der Waals surface area contributed by atoms with Gasteiger partial charge in [-0.2, -0.15) is 0 Å². The fourth-order valence-corrected chi connectivity index (χ4v) is 1.73. The summed E-state index contributed by atoms with van der Waals surface area (Å²) in [4.78, 5) is 22.6. The Morgan fingerprint density at radius 1 is 1.26 bits per heavy atom. The standard InChI is InChI=1S/C14H19NO4/c1-9-3-4-11(7-10(9)2)8-13(17)15-12(5-6-16)14(18)19/h3-4,7,12,16H,5-6,8H2,1-2H3,(H,15,17)(H,18,19)/t12-/m1/s1. The molecule has 0 bridgehead atoms. The van der Waals surface area contributed by atoms with E-state index in [9.17, 15) is 9.59 Å². The maximum Gasteiger partial charge on any atom is 0.326 e. The van der Waals surface area contributed by atoms with Crippen LogP contribution in [0.3, 0.4) is 0 Å². The monoisotopic (exact) mass is 265 g/mol. The van der Waals surface area contributed by atoms with Crippen molar-refractivity contribution in [3.8, 4) is 0 Å². The first kappa shape index (κ1) is 15.2. The van der Waals surface area contributed by atoms with Gasteiger partial charge < -0.3 is 15.5 Å². The highest BCUT2D eigenvalue weighted by molar-refractivity contribution is 5.84. The number of aliphatic carboxylic acids is 1. The normalized spacial score (nSPS) is 11.9. The third-order valence-electron chi connectivity index (χ3n) is 2.99. The van der Waals surface area contributed by atoms with Gasteiger partial charge in [0.2, 0.25) is 5.91 Å². The molecule has 0 radical (unpaired) electrons. The van der Waals surface area contributed by atoms with Gasteiger partial charge in [-0.3, -0.25) is 4.79 Å². The average Bonchev–Trinajstić information content (AvgIpc) is 2.33. The second kappa shape index (κ2) is 6.89. The average molecular weight is 265 g/mol. The molecule has 0 saturated carbocycles. The van der Waals surface area contributed by atoms with Gasteiger partial charge in [0, 0.05) is 13.0 Å². The van der Waals surface area contributed by atoms with Crippen LogP contribution in [-0.4, -0.2) is 34.7 Å². The third kappa shape index (κ3) is 4.71. The lowest BCUT2D eigenvalue weighted by atomic mass is 10.0. The second-order valence-corrected chi connectivity index (χ2v) is 4.57. The number of hydrogen-bond donors (Lipinski definition) is 3. The molecule has 0 heterocycles. The summed E-state index contributed by atoms with van der Waals surface area (Å²) in [5.74, 6) is -1.49. The van der Waals surface area contributed by atoms with Gasteiger partial charge in [-0.05, 0) is 30.5 Å². The van der Waals surface area contributed by atoms with Crippen LogP contribution in [0.1, 0.15) is 23.1 Å². The molecule has 1 aromatic rings. The highest BCUT2D eigenvalue weighted by Gasteiger charge is 2.19. The Bertz CT molecular complexity index is 471. The zero-order valence-electron chi connectivity index (χ0n) is 11.1. The number of aliphatic hydroxyl groups is 1. The van der Waals surface area contributed by atoms with Crippen LogP contribution in [0.25, 0.3) is 0 Å². The first-order valence-electron chi connectivity index (χ1n) is 6.13. The number of aryl methyl sites for hydroxylation is 2. The van der Waals surface area contributed by atoms with Crippen molar-refractivity contribution in [1.82, 2.24) is 5.32 Å². The van der Waals surface area contributed by atoms with E-state index in [-0.39, 0.29) is 25.4 Å². The molecule has 104 valence electrons. The maximum atomic E-state index is 11.7. The lowest BCUT2D eigenvalue weighted by Gasteiger charge is -2.13. The van der Waals surface area contributed by atoms with Crippen molar-refractivity contribution in [3.05, 3.63) is 34.9 Å². The van der Waals surface area contributed by atoms with Crippen LogP contribution in [0.5, 0.6) is 0 Å². The van der Waals surface area contributed by atoms with E-state index < -0.39 is 12.0 Å². The van der Waals surface area contributed by atoms with Crippen molar-refractivity contribution in [2.24, 2.45) is 0 Å². The zero-order chi connectivity index (χ0) is 14.4. The van der Waals surface area contributed by atoms with Gasteiger partial charge in [0.05, 0.1) is 6.42 Å². The van der Waals surface area contributed by atoms with E-state index in [0.717, 1.165) is 16.7 Å². The molecule has 0 unspecified atom stereocenters. The van der Waals surface area contributed by atoms with Crippen molar-refractivity contribution >= 4 is 11.9 Å². The molecule has 1 amide bonds. The van der Waals surface area contributed by atoms with Crippen LogP contribution >= 0.6 is 0 Å². The van der Waals surface area contributed by atoms with Gasteiger partial charge in [-0.1, -0.05) is 18.2 Å². The van der Waals surface area contributed by atoms with Gasteiger partial charge in [0.1, 0.15) is 6.04 Å². The Morgan fingerprint density at radius 3 is 2.47 bits per heavy atom. The van der Waals surface area contributed by atoms with Crippen molar-refractivity contribution in [1.29, 1.82) is 0 Å². The third-order valence-corrected chi connectivity index (χ3v) is 2.99. The topological polar surface area (TPSA) is 86.6 Å². The Balaban J connectivity index is 2.63. The number of carboxylic acid groups (broad SMARTS) is 1. The van der Waals surface area contributed by atoms with Crippen LogP contribution in [0, 0.1) is 13.8 Å². The van der Waals surface area contributed by atoms with Crippen LogP contribution in [-0.2, 0) is 16.0 Å². The highest BCUT2D eigenvalue weighted by Crippen LogP contribution is 2.10. The van der Waals surface area contributed by atoms with Gasteiger partial charge in [0.25, 0.3) is 0 Å².